The standard InChI is InChI=1S/C18H25NO2/c1-4-6-10-18(11-7-5-2)13(3)19-16-9-8-14(17(20)21)12-15(16)18/h8-9,12H,4-7,10-11H2,1-3H3,(H,20,21). The van der Waals surface area contributed by atoms with Crippen LogP contribution < -0.4 is 0 Å². The number of carbonyl (C=O) groups is 1. The lowest BCUT2D eigenvalue weighted by Gasteiger charge is -2.31. The van der Waals surface area contributed by atoms with Crippen LogP contribution in [0.2, 0.25) is 0 Å². The summed E-state index contributed by atoms with van der Waals surface area (Å²) in [6.07, 6.45) is 6.72. The van der Waals surface area contributed by atoms with Gasteiger partial charge in [0.25, 0.3) is 0 Å². The Morgan fingerprint density at radius 2 is 1.81 bits per heavy atom. The fourth-order valence-electron chi connectivity index (χ4n) is 3.35. The highest BCUT2D eigenvalue weighted by Gasteiger charge is 2.40. The van der Waals surface area contributed by atoms with E-state index in [2.05, 4.69) is 20.8 Å². The summed E-state index contributed by atoms with van der Waals surface area (Å²) in [6, 6.07) is 5.37. The highest BCUT2D eigenvalue weighted by molar-refractivity contribution is 6.01. The number of unbranched alkanes of at least 4 members (excludes halogenated alkanes) is 2. The van der Waals surface area contributed by atoms with Crippen molar-refractivity contribution < 1.29 is 9.90 Å². The largest absolute Gasteiger partial charge is 0.478 e. The van der Waals surface area contributed by atoms with Crippen molar-refractivity contribution in [1.82, 2.24) is 0 Å². The predicted octanol–water partition coefficient (Wildman–Crippen LogP) is 5.11. The quantitative estimate of drug-likeness (QED) is 0.757. The van der Waals surface area contributed by atoms with E-state index < -0.39 is 5.97 Å². The van der Waals surface area contributed by atoms with Crippen molar-refractivity contribution in [1.29, 1.82) is 0 Å². The van der Waals surface area contributed by atoms with Crippen molar-refractivity contribution in [2.24, 2.45) is 4.99 Å². The number of aromatic carboxylic acids is 1. The zero-order chi connectivity index (χ0) is 15.5. The van der Waals surface area contributed by atoms with Gasteiger partial charge >= 0.3 is 5.97 Å². The molecule has 0 amide bonds. The molecule has 0 atom stereocenters. The topological polar surface area (TPSA) is 49.7 Å². The van der Waals surface area contributed by atoms with Gasteiger partial charge in [0.1, 0.15) is 0 Å². The molecule has 1 aromatic rings. The number of carboxylic acid groups (broad SMARTS) is 1. The summed E-state index contributed by atoms with van der Waals surface area (Å²) in [4.78, 5) is 16.0. The monoisotopic (exact) mass is 287 g/mol. The molecule has 1 aromatic carbocycles. The minimum absolute atomic E-state index is 0.0488. The number of benzene rings is 1. The minimum atomic E-state index is -0.859. The van der Waals surface area contributed by atoms with Crippen LogP contribution in [-0.4, -0.2) is 16.8 Å². The van der Waals surface area contributed by atoms with E-state index in [1.54, 1.807) is 6.07 Å². The van der Waals surface area contributed by atoms with Gasteiger partial charge in [-0.15, -0.1) is 0 Å². The summed E-state index contributed by atoms with van der Waals surface area (Å²) in [5.41, 5.74) is 3.57. The van der Waals surface area contributed by atoms with Crippen LogP contribution in [-0.2, 0) is 5.41 Å². The number of aliphatic imine (C=N–C) groups is 1. The summed E-state index contributed by atoms with van der Waals surface area (Å²) in [5, 5.41) is 9.27. The predicted molar refractivity (Wildman–Crippen MR) is 86.9 cm³/mol. The van der Waals surface area contributed by atoms with Crippen LogP contribution in [0.1, 0.15) is 75.2 Å². The Labute approximate surface area is 127 Å². The molecule has 0 saturated heterocycles. The van der Waals surface area contributed by atoms with Crippen molar-refractivity contribution in [3.05, 3.63) is 29.3 Å². The van der Waals surface area contributed by atoms with E-state index in [1.165, 1.54) is 0 Å². The second-order valence-corrected chi connectivity index (χ2v) is 6.02. The molecule has 1 aliphatic rings. The van der Waals surface area contributed by atoms with Crippen molar-refractivity contribution in [2.75, 3.05) is 0 Å². The first-order valence-corrected chi connectivity index (χ1v) is 7.98. The fourth-order valence-corrected chi connectivity index (χ4v) is 3.35. The van der Waals surface area contributed by atoms with E-state index in [9.17, 15) is 9.90 Å². The smallest absolute Gasteiger partial charge is 0.335 e. The van der Waals surface area contributed by atoms with Crippen LogP contribution in [0.5, 0.6) is 0 Å². The van der Waals surface area contributed by atoms with Gasteiger partial charge in [-0.2, -0.15) is 0 Å². The summed E-state index contributed by atoms with van der Waals surface area (Å²) < 4.78 is 0. The first-order chi connectivity index (χ1) is 10.0. The normalized spacial score (nSPS) is 15.7. The Hall–Kier alpha value is -1.64. The molecule has 2 rings (SSSR count). The van der Waals surface area contributed by atoms with Crippen LogP contribution >= 0.6 is 0 Å². The molecule has 21 heavy (non-hydrogen) atoms. The third-order valence-corrected chi connectivity index (χ3v) is 4.65. The summed E-state index contributed by atoms with van der Waals surface area (Å²) in [5.74, 6) is -0.859. The molecule has 0 aliphatic carbocycles. The highest BCUT2D eigenvalue weighted by Crippen LogP contribution is 2.47. The zero-order valence-corrected chi connectivity index (χ0v) is 13.3. The van der Waals surface area contributed by atoms with Crippen molar-refractivity contribution in [3.63, 3.8) is 0 Å². The van der Waals surface area contributed by atoms with E-state index in [0.717, 1.165) is 55.5 Å². The SMILES string of the molecule is CCCCC1(CCCC)C(C)=Nc2ccc(C(=O)O)cc21. The minimum Gasteiger partial charge on any atom is -0.478 e. The lowest BCUT2D eigenvalue weighted by Crippen LogP contribution is -2.31. The van der Waals surface area contributed by atoms with Gasteiger partial charge in [-0.3, -0.25) is 4.99 Å². The van der Waals surface area contributed by atoms with Gasteiger partial charge in [-0.1, -0.05) is 39.5 Å². The maximum atomic E-state index is 11.3. The van der Waals surface area contributed by atoms with Crippen molar-refractivity contribution in [2.45, 2.75) is 64.7 Å². The Morgan fingerprint density at radius 3 is 2.33 bits per heavy atom. The van der Waals surface area contributed by atoms with Gasteiger partial charge in [0, 0.05) is 11.1 Å². The Morgan fingerprint density at radius 1 is 1.19 bits per heavy atom. The maximum absolute atomic E-state index is 11.3. The molecule has 0 fully saturated rings. The van der Waals surface area contributed by atoms with Crippen molar-refractivity contribution >= 4 is 17.4 Å². The molecule has 3 heteroatoms. The van der Waals surface area contributed by atoms with Crippen LogP contribution in [0.15, 0.2) is 23.2 Å². The average Bonchev–Trinajstić information content (AvgIpc) is 2.74. The fraction of sp³-hybridized carbons (Fsp3) is 0.556. The van der Waals surface area contributed by atoms with E-state index >= 15 is 0 Å². The molecule has 0 saturated carbocycles. The summed E-state index contributed by atoms with van der Waals surface area (Å²) in [6.45, 7) is 6.50. The third kappa shape index (κ3) is 2.87. The van der Waals surface area contributed by atoms with Crippen LogP contribution in [0.25, 0.3) is 0 Å². The molecule has 0 spiro atoms. The van der Waals surface area contributed by atoms with Gasteiger partial charge in [-0.05, 0) is 43.5 Å². The van der Waals surface area contributed by atoms with Gasteiger partial charge in [0.15, 0.2) is 0 Å². The van der Waals surface area contributed by atoms with E-state index in [0.29, 0.717) is 5.56 Å². The third-order valence-electron chi connectivity index (χ3n) is 4.65. The molecule has 0 unspecified atom stereocenters. The number of carboxylic acids is 1. The first-order valence-electron chi connectivity index (χ1n) is 7.98. The van der Waals surface area contributed by atoms with Crippen LogP contribution in [0.3, 0.4) is 0 Å². The molecule has 0 aromatic heterocycles. The number of fused-ring (bicyclic) bond motifs is 1. The average molecular weight is 287 g/mol. The lowest BCUT2D eigenvalue weighted by molar-refractivity contribution is 0.0696. The number of nitrogens with zero attached hydrogens (tertiary/aromatic N) is 1. The lowest BCUT2D eigenvalue weighted by atomic mass is 9.70. The van der Waals surface area contributed by atoms with Gasteiger partial charge in [0.05, 0.1) is 11.3 Å². The maximum Gasteiger partial charge on any atom is 0.335 e. The molecule has 1 aliphatic heterocycles. The second kappa shape index (κ2) is 6.42. The van der Waals surface area contributed by atoms with E-state index in [1.807, 2.05) is 12.1 Å². The van der Waals surface area contributed by atoms with Gasteiger partial charge in [0.2, 0.25) is 0 Å². The molecule has 1 N–H and O–H groups in total. The highest BCUT2D eigenvalue weighted by atomic mass is 16.4. The summed E-state index contributed by atoms with van der Waals surface area (Å²) in [7, 11) is 0. The number of hydrogen-bond acceptors (Lipinski definition) is 2. The molecular formula is C18H25NO2. The Kier molecular flexibility index (Phi) is 4.81. The Bertz CT molecular complexity index is 552. The van der Waals surface area contributed by atoms with Crippen LogP contribution in [0, 0.1) is 0 Å². The number of hydrogen-bond donors (Lipinski definition) is 1. The molecule has 0 bridgehead atoms. The molecule has 0 radical (unpaired) electrons. The van der Waals surface area contributed by atoms with E-state index in [4.69, 9.17) is 4.99 Å². The molecule has 114 valence electrons. The van der Waals surface area contributed by atoms with Crippen molar-refractivity contribution in [3.8, 4) is 0 Å². The molecular weight excluding hydrogens is 262 g/mol. The second-order valence-electron chi connectivity index (χ2n) is 6.02. The zero-order valence-electron chi connectivity index (χ0n) is 13.3. The van der Waals surface area contributed by atoms with Gasteiger partial charge in [-0.25, -0.2) is 4.79 Å². The first kappa shape index (κ1) is 15.7. The molecule has 1 heterocycles. The van der Waals surface area contributed by atoms with E-state index in [-0.39, 0.29) is 5.41 Å². The number of rotatable bonds is 7. The van der Waals surface area contributed by atoms with Crippen LogP contribution in [0.4, 0.5) is 5.69 Å². The Balaban J connectivity index is 2.47. The summed E-state index contributed by atoms with van der Waals surface area (Å²) >= 11 is 0. The molecule has 3 nitrogen and oxygen atoms in total. The van der Waals surface area contributed by atoms with Gasteiger partial charge < -0.3 is 5.11 Å².